The van der Waals surface area contributed by atoms with Crippen molar-refractivity contribution in [2.45, 2.75) is 12.5 Å². The minimum absolute atomic E-state index is 0.0985. The number of benzene rings is 3. The van der Waals surface area contributed by atoms with Crippen LogP contribution in [0.2, 0.25) is 10.0 Å². The first-order chi connectivity index (χ1) is 13.1. The van der Waals surface area contributed by atoms with Gasteiger partial charge in [-0.3, -0.25) is 5.01 Å². The van der Waals surface area contributed by atoms with Crippen LogP contribution in [-0.4, -0.2) is 12.8 Å². The zero-order valence-corrected chi connectivity index (χ0v) is 16.3. The van der Waals surface area contributed by atoms with Gasteiger partial charge in [0.2, 0.25) is 0 Å². The van der Waals surface area contributed by atoms with Gasteiger partial charge in [-0.25, -0.2) is 0 Å². The molecule has 3 aromatic carbocycles. The van der Waals surface area contributed by atoms with Crippen LogP contribution in [0.25, 0.3) is 0 Å². The number of ether oxygens (including phenoxy) is 1. The molecule has 0 bridgehead atoms. The van der Waals surface area contributed by atoms with Crippen molar-refractivity contribution < 1.29 is 4.74 Å². The van der Waals surface area contributed by atoms with E-state index in [1.165, 1.54) is 5.56 Å². The molecule has 0 N–H and O–H groups in total. The van der Waals surface area contributed by atoms with Crippen LogP contribution in [-0.2, 0) is 0 Å². The van der Waals surface area contributed by atoms with Gasteiger partial charge in [0.15, 0.2) is 0 Å². The van der Waals surface area contributed by atoms with Crippen LogP contribution in [0.1, 0.15) is 23.6 Å². The maximum atomic E-state index is 6.08. The molecule has 1 aliphatic heterocycles. The Morgan fingerprint density at radius 1 is 0.852 bits per heavy atom. The lowest BCUT2D eigenvalue weighted by molar-refractivity contribution is 0.415. The van der Waals surface area contributed by atoms with E-state index in [0.29, 0.717) is 0 Å². The van der Waals surface area contributed by atoms with E-state index in [2.05, 4.69) is 17.1 Å². The van der Waals surface area contributed by atoms with Gasteiger partial charge in [0.1, 0.15) is 5.75 Å². The molecule has 0 radical (unpaired) electrons. The van der Waals surface area contributed by atoms with Gasteiger partial charge >= 0.3 is 0 Å². The third-order valence-corrected chi connectivity index (χ3v) is 5.18. The third kappa shape index (κ3) is 3.80. The molecule has 27 heavy (non-hydrogen) atoms. The molecule has 3 aromatic rings. The Morgan fingerprint density at radius 2 is 1.44 bits per heavy atom. The van der Waals surface area contributed by atoms with E-state index in [1.54, 1.807) is 7.11 Å². The molecule has 0 aliphatic carbocycles. The number of methoxy groups -OCH3 is 1. The maximum absolute atomic E-state index is 6.08. The molecule has 3 nitrogen and oxygen atoms in total. The first-order valence-corrected chi connectivity index (χ1v) is 9.42. The maximum Gasteiger partial charge on any atom is 0.119 e. The number of halogens is 2. The molecular weight excluding hydrogens is 379 g/mol. The fourth-order valence-electron chi connectivity index (χ4n) is 3.24. The molecule has 4 rings (SSSR count). The number of hydrogen-bond acceptors (Lipinski definition) is 3. The fraction of sp³-hybridized carbons (Fsp3) is 0.136. The Bertz CT molecular complexity index is 951. The van der Waals surface area contributed by atoms with E-state index in [-0.39, 0.29) is 6.04 Å². The van der Waals surface area contributed by atoms with E-state index >= 15 is 0 Å². The molecule has 0 unspecified atom stereocenters. The highest BCUT2D eigenvalue weighted by Crippen LogP contribution is 2.37. The lowest BCUT2D eigenvalue weighted by Gasteiger charge is -2.24. The van der Waals surface area contributed by atoms with Crippen LogP contribution in [0.3, 0.4) is 0 Å². The topological polar surface area (TPSA) is 24.8 Å². The van der Waals surface area contributed by atoms with Gasteiger partial charge in [0, 0.05) is 16.5 Å². The highest BCUT2D eigenvalue weighted by Gasteiger charge is 2.29. The van der Waals surface area contributed by atoms with Crippen LogP contribution in [0.15, 0.2) is 77.9 Å². The SMILES string of the molecule is COc1ccc(N2N=C(c3ccc(Cl)cc3)C[C@@H]2c2ccc(Cl)cc2)cc1. The van der Waals surface area contributed by atoms with Crippen molar-refractivity contribution in [2.24, 2.45) is 5.10 Å². The summed E-state index contributed by atoms with van der Waals surface area (Å²) in [5, 5.41) is 8.44. The van der Waals surface area contributed by atoms with Gasteiger partial charge in [-0.05, 0) is 59.7 Å². The van der Waals surface area contributed by atoms with Gasteiger partial charge in [0.25, 0.3) is 0 Å². The Labute approximate surface area is 168 Å². The lowest BCUT2D eigenvalue weighted by atomic mass is 9.98. The molecule has 0 saturated heterocycles. The smallest absolute Gasteiger partial charge is 0.119 e. The number of hydrazone groups is 1. The largest absolute Gasteiger partial charge is 0.497 e. The summed E-state index contributed by atoms with van der Waals surface area (Å²) in [6.07, 6.45) is 0.801. The molecule has 0 spiro atoms. The summed E-state index contributed by atoms with van der Waals surface area (Å²) in [5.41, 5.74) is 4.29. The second-order valence-corrected chi connectivity index (χ2v) is 7.24. The van der Waals surface area contributed by atoms with Crippen LogP contribution in [0.4, 0.5) is 5.69 Å². The molecule has 1 aliphatic rings. The summed E-state index contributed by atoms with van der Waals surface area (Å²) in [6, 6.07) is 23.8. The summed E-state index contributed by atoms with van der Waals surface area (Å²) < 4.78 is 5.28. The van der Waals surface area contributed by atoms with Gasteiger partial charge in [0.05, 0.1) is 24.6 Å². The predicted molar refractivity (Wildman–Crippen MR) is 112 cm³/mol. The summed E-state index contributed by atoms with van der Waals surface area (Å²) in [7, 11) is 1.66. The van der Waals surface area contributed by atoms with Crippen LogP contribution < -0.4 is 9.75 Å². The normalized spacial score (nSPS) is 16.3. The van der Waals surface area contributed by atoms with Gasteiger partial charge < -0.3 is 4.74 Å². The molecule has 5 heteroatoms. The van der Waals surface area contributed by atoms with Crippen molar-refractivity contribution in [3.63, 3.8) is 0 Å². The molecule has 0 aromatic heterocycles. The highest BCUT2D eigenvalue weighted by atomic mass is 35.5. The molecule has 1 atom stereocenters. The summed E-state index contributed by atoms with van der Waals surface area (Å²) in [6.45, 7) is 0. The van der Waals surface area contributed by atoms with E-state index < -0.39 is 0 Å². The number of hydrogen-bond donors (Lipinski definition) is 0. The number of rotatable bonds is 4. The summed E-state index contributed by atoms with van der Waals surface area (Å²) in [5.74, 6) is 0.822. The quantitative estimate of drug-likeness (QED) is 0.512. The van der Waals surface area contributed by atoms with Crippen molar-refractivity contribution in [1.29, 1.82) is 0 Å². The Balaban J connectivity index is 1.72. The van der Waals surface area contributed by atoms with E-state index in [4.69, 9.17) is 33.0 Å². The monoisotopic (exact) mass is 396 g/mol. The third-order valence-electron chi connectivity index (χ3n) is 4.68. The first kappa shape index (κ1) is 17.9. The second kappa shape index (κ2) is 7.63. The fourth-order valence-corrected chi connectivity index (χ4v) is 3.50. The van der Waals surface area contributed by atoms with Crippen LogP contribution in [0, 0.1) is 0 Å². The van der Waals surface area contributed by atoms with E-state index in [0.717, 1.165) is 39.2 Å². The zero-order valence-electron chi connectivity index (χ0n) is 14.8. The minimum Gasteiger partial charge on any atom is -0.497 e. The van der Waals surface area contributed by atoms with E-state index in [1.807, 2.05) is 60.7 Å². The van der Waals surface area contributed by atoms with Crippen LogP contribution in [0.5, 0.6) is 5.75 Å². The molecule has 0 amide bonds. The van der Waals surface area contributed by atoms with Gasteiger partial charge in [-0.2, -0.15) is 5.10 Å². The first-order valence-electron chi connectivity index (χ1n) is 8.66. The van der Waals surface area contributed by atoms with Crippen molar-refractivity contribution >= 4 is 34.6 Å². The standard InChI is InChI=1S/C22H18Cl2N2O/c1-27-20-12-10-19(11-13-20)26-22(16-4-8-18(24)9-5-16)14-21(25-26)15-2-6-17(23)7-3-15/h2-13,22H,14H2,1H3/t22-/m1/s1. The molecular formula is C22H18Cl2N2O. The van der Waals surface area contributed by atoms with Gasteiger partial charge in [-0.15, -0.1) is 0 Å². The summed E-state index contributed by atoms with van der Waals surface area (Å²) in [4.78, 5) is 0. The van der Waals surface area contributed by atoms with Crippen molar-refractivity contribution in [1.82, 2.24) is 0 Å². The zero-order chi connectivity index (χ0) is 18.8. The van der Waals surface area contributed by atoms with E-state index in [9.17, 15) is 0 Å². The van der Waals surface area contributed by atoms with Crippen LogP contribution >= 0.6 is 23.2 Å². The molecule has 0 saturated carbocycles. The number of nitrogens with zero attached hydrogens (tertiary/aromatic N) is 2. The average molecular weight is 397 g/mol. The lowest BCUT2D eigenvalue weighted by Crippen LogP contribution is -2.18. The van der Waals surface area contributed by atoms with Crippen molar-refractivity contribution in [2.75, 3.05) is 12.1 Å². The van der Waals surface area contributed by atoms with Crippen molar-refractivity contribution in [3.05, 3.63) is 94.0 Å². The molecule has 1 heterocycles. The predicted octanol–water partition coefficient (Wildman–Crippen LogP) is 6.36. The molecule has 0 fully saturated rings. The van der Waals surface area contributed by atoms with Gasteiger partial charge in [-0.1, -0.05) is 47.5 Å². The Hall–Kier alpha value is -2.49. The Kier molecular flexibility index (Phi) is 5.06. The highest BCUT2D eigenvalue weighted by molar-refractivity contribution is 6.31. The minimum atomic E-state index is 0.0985. The average Bonchev–Trinajstić information content (AvgIpc) is 3.14. The molecule has 136 valence electrons. The summed E-state index contributed by atoms with van der Waals surface area (Å²) >= 11 is 12.1. The Morgan fingerprint density at radius 3 is 2.04 bits per heavy atom. The van der Waals surface area contributed by atoms with Crippen molar-refractivity contribution in [3.8, 4) is 5.75 Å². The number of anilines is 1. The second-order valence-electron chi connectivity index (χ2n) is 6.37.